The number of aromatic nitrogens is 2. The number of esters is 1. The number of ether oxygens (including phenoxy) is 1. The van der Waals surface area contributed by atoms with Crippen molar-refractivity contribution >= 4 is 23.4 Å². The van der Waals surface area contributed by atoms with Crippen molar-refractivity contribution in [3.8, 4) is 0 Å². The lowest BCUT2D eigenvalue weighted by molar-refractivity contribution is 0.0593. The minimum absolute atomic E-state index is 0.0655. The molecule has 0 spiro atoms. The molecule has 0 unspecified atom stereocenters. The maximum absolute atomic E-state index is 14.1. The molecule has 138 valence electrons. The van der Waals surface area contributed by atoms with Crippen LogP contribution in [0.4, 0.5) is 10.2 Å². The Labute approximate surface area is 157 Å². The van der Waals surface area contributed by atoms with Gasteiger partial charge in [-0.15, -0.1) is 0 Å². The van der Waals surface area contributed by atoms with E-state index in [4.69, 9.17) is 16.3 Å². The average Bonchev–Trinajstić information content (AvgIpc) is 3.48. The largest absolute Gasteiger partial charge is 0.464 e. The molecular weight excluding hydrogens is 357 g/mol. The number of rotatable bonds is 7. The zero-order valence-electron chi connectivity index (χ0n) is 14.8. The van der Waals surface area contributed by atoms with E-state index in [0.717, 1.165) is 19.3 Å². The third kappa shape index (κ3) is 3.96. The Morgan fingerprint density at radius 2 is 2.08 bits per heavy atom. The SMILES string of the molecule is CCCN(Cc1ccccc1F)c1nc(C2CC2)nc(C(=O)OC)c1Cl. The van der Waals surface area contributed by atoms with E-state index in [1.165, 1.54) is 13.2 Å². The molecule has 0 aliphatic heterocycles. The number of hydrogen-bond acceptors (Lipinski definition) is 5. The van der Waals surface area contributed by atoms with Gasteiger partial charge in [0.2, 0.25) is 0 Å². The van der Waals surface area contributed by atoms with Gasteiger partial charge in [0.15, 0.2) is 11.5 Å². The molecule has 0 amide bonds. The maximum atomic E-state index is 14.1. The van der Waals surface area contributed by atoms with E-state index in [2.05, 4.69) is 9.97 Å². The van der Waals surface area contributed by atoms with Gasteiger partial charge in [-0.25, -0.2) is 19.2 Å². The summed E-state index contributed by atoms with van der Waals surface area (Å²) in [4.78, 5) is 22.9. The summed E-state index contributed by atoms with van der Waals surface area (Å²) in [6.07, 6.45) is 2.80. The molecule has 1 aliphatic rings. The van der Waals surface area contributed by atoms with Crippen molar-refractivity contribution in [2.45, 2.75) is 38.6 Å². The number of carbonyl (C=O) groups excluding carboxylic acids is 1. The molecule has 7 heteroatoms. The van der Waals surface area contributed by atoms with Crippen LogP contribution in [0, 0.1) is 5.82 Å². The molecule has 0 atom stereocenters. The van der Waals surface area contributed by atoms with Crippen molar-refractivity contribution in [3.63, 3.8) is 0 Å². The van der Waals surface area contributed by atoms with Crippen LogP contribution in [0.15, 0.2) is 24.3 Å². The quantitative estimate of drug-likeness (QED) is 0.671. The smallest absolute Gasteiger partial charge is 0.358 e. The van der Waals surface area contributed by atoms with E-state index >= 15 is 0 Å². The lowest BCUT2D eigenvalue weighted by atomic mass is 10.2. The van der Waals surface area contributed by atoms with Gasteiger partial charge in [-0.2, -0.15) is 0 Å². The Kier molecular flexibility index (Phi) is 5.71. The second-order valence-electron chi connectivity index (χ2n) is 6.35. The van der Waals surface area contributed by atoms with E-state index in [9.17, 15) is 9.18 Å². The molecule has 1 fully saturated rings. The van der Waals surface area contributed by atoms with Gasteiger partial charge in [0, 0.05) is 24.6 Å². The standard InChI is InChI=1S/C19H21ClFN3O2/c1-3-10-24(11-13-6-4-5-7-14(13)21)18-15(20)16(19(25)26-2)22-17(23-18)12-8-9-12/h4-7,12H,3,8-11H2,1-2H3. The number of nitrogens with zero attached hydrogens (tertiary/aromatic N) is 3. The first-order chi connectivity index (χ1) is 12.5. The van der Waals surface area contributed by atoms with Crippen LogP contribution in [0.1, 0.15) is 54.0 Å². The highest BCUT2D eigenvalue weighted by atomic mass is 35.5. The second-order valence-corrected chi connectivity index (χ2v) is 6.72. The van der Waals surface area contributed by atoms with E-state index in [1.54, 1.807) is 18.2 Å². The summed E-state index contributed by atoms with van der Waals surface area (Å²) in [7, 11) is 1.29. The zero-order valence-corrected chi connectivity index (χ0v) is 15.6. The number of halogens is 2. The minimum Gasteiger partial charge on any atom is -0.464 e. The molecule has 1 aliphatic carbocycles. The van der Waals surface area contributed by atoms with E-state index < -0.39 is 5.97 Å². The van der Waals surface area contributed by atoms with Crippen LogP contribution in [0.25, 0.3) is 0 Å². The number of methoxy groups -OCH3 is 1. The fourth-order valence-electron chi connectivity index (χ4n) is 2.78. The Hall–Kier alpha value is -2.21. The van der Waals surface area contributed by atoms with Gasteiger partial charge in [0.05, 0.1) is 7.11 Å². The fraction of sp³-hybridized carbons (Fsp3) is 0.421. The predicted octanol–water partition coefficient (Wildman–Crippen LogP) is 4.35. The van der Waals surface area contributed by atoms with Gasteiger partial charge in [-0.3, -0.25) is 0 Å². The average molecular weight is 378 g/mol. The highest BCUT2D eigenvalue weighted by Gasteiger charge is 2.31. The van der Waals surface area contributed by atoms with Crippen molar-refractivity contribution in [2.75, 3.05) is 18.6 Å². The van der Waals surface area contributed by atoms with Gasteiger partial charge < -0.3 is 9.64 Å². The molecule has 5 nitrogen and oxygen atoms in total. The zero-order chi connectivity index (χ0) is 18.7. The number of anilines is 1. The van der Waals surface area contributed by atoms with Gasteiger partial charge in [-0.1, -0.05) is 36.7 Å². The second kappa shape index (κ2) is 7.99. The van der Waals surface area contributed by atoms with Gasteiger partial charge in [0.25, 0.3) is 0 Å². The first-order valence-electron chi connectivity index (χ1n) is 8.69. The summed E-state index contributed by atoms with van der Waals surface area (Å²) < 4.78 is 18.9. The molecule has 0 bridgehead atoms. The van der Waals surface area contributed by atoms with Crippen LogP contribution < -0.4 is 4.90 Å². The van der Waals surface area contributed by atoms with E-state index in [1.807, 2.05) is 11.8 Å². The maximum Gasteiger partial charge on any atom is 0.358 e. The summed E-state index contributed by atoms with van der Waals surface area (Å²) in [5, 5.41) is 0.144. The summed E-state index contributed by atoms with van der Waals surface area (Å²) >= 11 is 6.45. The van der Waals surface area contributed by atoms with Crippen molar-refractivity contribution in [3.05, 3.63) is 52.2 Å². The molecule has 1 aromatic carbocycles. The molecule has 1 saturated carbocycles. The molecule has 1 heterocycles. The third-order valence-corrected chi connectivity index (χ3v) is 4.63. The topological polar surface area (TPSA) is 55.3 Å². The molecule has 0 saturated heterocycles. The molecule has 2 aromatic rings. The molecule has 0 radical (unpaired) electrons. The molecule has 0 N–H and O–H groups in total. The Bertz CT molecular complexity index is 811. The minimum atomic E-state index is -0.595. The number of carbonyl (C=O) groups is 1. The van der Waals surface area contributed by atoms with Crippen molar-refractivity contribution in [2.24, 2.45) is 0 Å². The number of benzene rings is 1. The lowest BCUT2D eigenvalue weighted by Gasteiger charge is -2.25. The molecule has 26 heavy (non-hydrogen) atoms. The van der Waals surface area contributed by atoms with Crippen molar-refractivity contribution in [1.29, 1.82) is 0 Å². The summed E-state index contributed by atoms with van der Waals surface area (Å²) in [5.74, 6) is 0.414. The summed E-state index contributed by atoms with van der Waals surface area (Å²) in [6, 6.07) is 6.60. The van der Waals surface area contributed by atoms with Gasteiger partial charge in [-0.05, 0) is 25.3 Å². The van der Waals surface area contributed by atoms with Crippen LogP contribution in [0.3, 0.4) is 0 Å². The molecular formula is C19H21ClFN3O2. The van der Waals surface area contributed by atoms with Crippen LogP contribution in [0.2, 0.25) is 5.02 Å². The highest BCUT2D eigenvalue weighted by Crippen LogP contribution is 2.40. The van der Waals surface area contributed by atoms with Gasteiger partial charge in [0.1, 0.15) is 16.7 Å². The summed E-state index contributed by atoms with van der Waals surface area (Å²) in [5.41, 5.74) is 0.610. The molecule has 1 aromatic heterocycles. The van der Waals surface area contributed by atoms with Crippen LogP contribution in [0.5, 0.6) is 0 Å². The van der Waals surface area contributed by atoms with Crippen LogP contribution in [-0.4, -0.2) is 29.6 Å². The van der Waals surface area contributed by atoms with Gasteiger partial charge >= 0.3 is 5.97 Å². The van der Waals surface area contributed by atoms with E-state index in [0.29, 0.717) is 30.3 Å². The monoisotopic (exact) mass is 377 g/mol. The number of hydrogen-bond donors (Lipinski definition) is 0. The van der Waals surface area contributed by atoms with Crippen LogP contribution in [-0.2, 0) is 11.3 Å². The predicted molar refractivity (Wildman–Crippen MR) is 98.1 cm³/mol. The Balaban J connectivity index is 2.03. The van der Waals surface area contributed by atoms with Crippen molar-refractivity contribution < 1.29 is 13.9 Å². The first kappa shape index (κ1) is 18.6. The summed E-state index contributed by atoms with van der Waals surface area (Å²) in [6.45, 7) is 2.95. The first-order valence-corrected chi connectivity index (χ1v) is 9.07. The Morgan fingerprint density at radius 1 is 1.35 bits per heavy atom. The third-order valence-electron chi connectivity index (χ3n) is 4.28. The molecule has 3 rings (SSSR count). The highest BCUT2D eigenvalue weighted by molar-refractivity contribution is 6.35. The Morgan fingerprint density at radius 3 is 2.69 bits per heavy atom. The normalized spacial score (nSPS) is 13.5. The fourth-order valence-corrected chi connectivity index (χ4v) is 3.06. The van der Waals surface area contributed by atoms with E-state index in [-0.39, 0.29) is 22.5 Å². The van der Waals surface area contributed by atoms with Crippen molar-refractivity contribution in [1.82, 2.24) is 9.97 Å². The lowest BCUT2D eigenvalue weighted by Crippen LogP contribution is -2.27. The van der Waals surface area contributed by atoms with Crippen LogP contribution >= 0.6 is 11.6 Å².